The van der Waals surface area contributed by atoms with Crippen LogP contribution in [0.4, 0.5) is 0 Å². The molecule has 17 nitrogen and oxygen atoms in total. The van der Waals surface area contributed by atoms with Gasteiger partial charge in [-0.15, -0.1) is 0 Å². The molecule has 19 heteroatoms. The highest BCUT2D eigenvalue weighted by atomic mass is 31.2. The van der Waals surface area contributed by atoms with E-state index in [4.69, 9.17) is 37.0 Å². The predicted octanol–water partition coefficient (Wildman–Crippen LogP) is 18.8. The van der Waals surface area contributed by atoms with E-state index in [1.54, 1.807) is 0 Å². The van der Waals surface area contributed by atoms with E-state index >= 15 is 0 Å². The number of ether oxygens (including phenoxy) is 4. The quantitative estimate of drug-likeness (QED) is 0.0222. The third-order valence-electron chi connectivity index (χ3n) is 15.8. The van der Waals surface area contributed by atoms with Crippen LogP contribution in [0, 0.1) is 11.8 Å². The van der Waals surface area contributed by atoms with Gasteiger partial charge in [0.25, 0.3) is 0 Å². The molecule has 6 atom stereocenters. The number of unbranched alkanes of at least 4 members (excludes halogenated alkanes) is 35. The van der Waals surface area contributed by atoms with Crippen LogP contribution in [0.5, 0.6) is 0 Å². The highest BCUT2D eigenvalue weighted by molar-refractivity contribution is 7.47. The Morgan fingerprint density at radius 2 is 0.593 bits per heavy atom. The van der Waals surface area contributed by atoms with Crippen LogP contribution in [-0.4, -0.2) is 96.7 Å². The first-order valence-corrected chi connectivity index (χ1v) is 38.0. The van der Waals surface area contributed by atoms with Gasteiger partial charge in [0.2, 0.25) is 0 Å². The van der Waals surface area contributed by atoms with Gasteiger partial charge in [-0.3, -0.25) is 37.3 Å². The molecule has 3 unspecified atom stereocenters. The molecule has 0 radical (unpaired) electrons. The second-order valence-corrected chi connectivity index (χ2v) is 27.8. The van der Waals surface area contributed by atoms with Gasteiger partial charge in [0.15, 0.2) is 12.2 Å². The minimum Gasteiger partial charge on any atom is -0.462 e. The molecule has 86 heavy (non-hydrogen) atoms. The minimum absolute atomic E-state index is 0.105. The molecule has 0 aliphatic heterocycles. The number of carbonyl (C=O) groups excluding carboxylic acids is 4. The molecule has 0 amide bonds. The van der Waals surface area contributed by atoms with E-state index in [0.29, 0.717) is 25.7 Å². The van der Waals surface area contributed by atoms with Crippen molar-refractivity contribution in [2.24, 2.45) is 11.8 Å². The zero-order valence-corrected chi connectivity index (χ0v) is 57.4. The van der Waals surface area contributed by atoms with Crippen molar-refractivity contribution in [1.82, 2.24) is 0 Å². The Balaban J connectivity index is 5.20. The number of aliphatic hydroxyl groups excluding tert-OH is 1. The van der Waals surface area contributed by atoms with Gasteiger partial charge < -0.3 is 33.8 Å². The molecule has 0 saturated carbocycles. The SMILES string of the molecule is CCCCCCCCCCC(=O)OC[C@H](COP(=O)(O)OC[C@H](O)COP(=O)(O)OC[C@@H](COC(=O)CCCCCCCCCCCCC(C)CC)OC(=O)CCCCCCCCCCCCCCCC(C)C)OC(=O)CCCCCCCCCC. The molecule has 0 aromatic carbocycles. The van der Waals surface area contributed by atoms with Crippen molar-refractivity contribution in [2.45, 2.75) is 355 Å². The molecular formula is C67H130O17P2. The Bertz CT molecular complexity index is 1690. The summed E-state index contributed by atoms with van der Waals surface area (Å²) in [6, 6.07) is 0. The highest BCUT2D eigenvalue weighted by Crippen LogP contribution is 2.45. The van der Waals surface area contributed by atoms with E-state index in [2.05, 4.69) is 41.5 Å². The Labute approximate surface area is 524 Å². The van der Waals surface area contributed by atoms with Crippen LogP contribution in [0.2, 0.25) is 0 Å². The Morgan fingerprint density at radius 3 is 0.884 bits per heavy atom. The summed E-state index contributed by atoms with van der Waals surface area (Å²) >= 11 is 0. The van der Waals surface area contributed by atoms with E-state index in [-0.39, 0.29) is 25.7 Å². The fraction of sp³-hybridized carbons (Fsp3) is 0.940. The summed E-state index contributed by atoms with van der Waals surface area (Å²) < 4.78 is 68.0. The van der Waals surface area contributed by atoms with Gasteiger partial charge in [-0.25, -0.2) is 9.13 Å². The number of phosphoric ester groups is 2. The van der Waals surface area contributed by atoms with Crippen LogP contribution in [0.1, 0.15) is 337 Å². The second-order valence-electron chi connectivity index (χ2n) is 24.9. The van der Waals surface area contributed by atoms with Crippen LogP contribution in [0.3, 0.4) is 0 Å². The average molecular weight is 1270 g/mol. The van der Waals surface area contributed by atoms with Crippen molar-refractivity contribution in [3.8, 4) is 0 Å². The third kappa shape index (κ3) is 59.7. The lowest BCUT2D eigenvalue weighted by molar-refractivity contribution is -0.161. The second kappa shape index (κ2) is 59.4. The Morgan fingerprint density at radius 1 is 0.337 bits per heavy atom. The molecule has 0 aromatic rings. The van der Waals surface area contributed by atoms with Crippen LogP contribution in [0.25, 0.3) is 0 Å². The molecule has 0 aromatic heterocycles. The van der Waals surface area contributed by atoms with Gasteiger partial charge in [0.1, 0.15) is 19.3 Å². The molecule has 0 saturated heterocycles. The number of phosphoric acid groups is 2. The van der Waals surface area contributed by atoms with Crippen LogP contribution in [0.15, 0.2) is 0 Å². The lowest BCUT2D eigenvalue weighted by Crippen LogP contribution is -2.30. The lowest BCUT2D eigenvalue weighted by atomic mass is 9.99. The summed E-state index contributed by atoms with van der Waals surface area (Å²) in [5, 5.41) is 10.5. The summed E-state index contributed by atoms with van der Waals surface area (Å²) in [6.45, 7) is 9.51. The Hall–Kier alpha value is -1.94. The number of aliphatic hydroxyl groups is 1. The van der Waals surface area contributed by atoms with Gasteiger partial charge in [-0.05, 0) is 37.5 Å². The summed E-state index contributed by atoms with van der Waals surface area (Å²) in [7, 11) is -9.89. The molecule has 0 fully saturated rings. The van der Waals surface area contributed by atoms with Gasteiger partial charge in [0, 0.05) is 25.7 Å². The first kappa shape index (κ1) is 84.1. The standard InChI is InChI=1S/C67H130O17P2/c1-7-10-12-14-16-31-37-43-49-64(69)77-55-62(83-66(71)51-45-39-32-17-15-13-11-8-2)57-81-85(73,74)79-53-61(68)54-80-86(75,76)82-58-63(56-78-65(70)50-44-38-33-27-24-23-26-30-36-42-48-60(6)9-3)84-67(72)52-46-40-34-28-22-20-18-19-21-25-29-35-41-47-59(4)5/h59-63,68H,7-58H2,1-6H3,(H,73,74)(H,75,76)/t60?,61-,62+,63+/m0/s1. The predicted molar refractivity (Wildman–Crippen MR) is 345 cm³/mol. The number of hydrogen-bond donors (Lipinski definition) is 3. The average Bonchev–Trinajstić information content (AvgIpc) is 3.70. The summed E-state index contributed by atoms with van der Waals surface area (Å²) in [6.07, 6.45) is 43.1. The van der Waals surface area contributed by atoms with Gasteiger partial charge in [-0.1, -0.05) is 286 Å². The molecule has 3 N–H and O–H groups in total. The topological polar surface area (TPSA) is 237 Å². The third-order valence-corrected chi connectivity index (χ3v) is 17.7. The monoisotopic (exact) mass is 1270 g/mol. The van der Waals surface area contributed by atoms with Crippen molar-refractivity contribution in [2.75, 3.05) is 39.6 Å². The van der Waals surface area contributed by atoms with Gasteiger partial charge in [0.05, 0.1) is 26.4 Å². The fourth-order valence-corrected chi connectivity index (χ4v) is 11.6. The first-order chi connectivity index (χ1) is 41.4. The van der Waals surface area contributed by atoms with E-state index in [1.807, 2.05) is 0 Å². The molecular weight excluding hydrogens is 1140 g/mol. The fourth-order valence-electron chi connectivity index (χ4n) is 10.0. The summed E-state index contributed by atoms with van der Waals surface area (Å²) in [5.74, 6) is -0.537. The van der Waals surface area contributed by atoms with E-state index < -0.39 is 97.5 Å². The zero-order chi connectivity index (χ0) is 63.6. The largest absolute Gasteiger partial charge is 0.472 e. The molecule has 0 rings (SSSR count). The molecule has 0 aliphatic rings. The molecule has 0 aliphatic carbocycles. The number of rotatable bonds is 66. The maximum atomic E-state index is 13.0. The van der Waals surface area contributed by atoms with Crippen molar-refractivity contribution >= 4 is 39.5 Å². The molecule has 0 spiro atoms. The minimum atomic E-state index is -4.95. The van der Waals surface area contributed by atoms with Crippen molar-refractivity contribution in [3.05, 3.63) is 0 Å². The Kier molecular flexibility index (Phi) is 58.0. The van der Waals surface area contributed by atoms with Crippen LogP contribution in [-0.2, 0) is 65.4 Å². The summed E-state index contributed by atoms with van der Waals surface area (Å²) in [5.41, 5.74) is 0. The van der Waals surface area contributed by atoms with Crippen LogP contribution >= 0.6 is 15.6 Å². The highest BCUT2D eigenvalue weighted by Gasteiger charge is 2.30. The first-order valence-electron chi connectivity index (χ1n) is 35.0. The zero-order valence-electron chi connectivity index (χ0n) is 55.6. The normalized spacial score (nSPS) is 14.5. The molecule has 510 valence electrons. The van der Waals surface area contributed by atoms with Gasteiger partial charge in [-0.2, -0.15) is 0 Å². The van der Waals surface area contributed by atoms with Gasteiger partial charge >= 0.3 is 39.5 Å². The lowest BCUT2D eigenvalue weighted by Gasteiger charge is -2.21. The van der Waals surface area contributed by atoms with E-state index in [9.17, 15) is 43.2 Å². The maximum absolute atomic E-state index is 13.0. The van der Waals surface area contributed by atoms with Crippen molar-refractivity contribution in [3.63, 3.8) is 0 Å². The molecule has 0 bridgehead atoms. The summed E-state index contributed by atoms with van der Waals surface area (Å²) in [4.78, 5) is 72.2. The number of carbonyl (C=O) groups is 4. The van der Waals surface area contributed by atoms with Crippen molar-refractivity contribution in [1.29, 1.82) is 0 Å². The molecule has 0 heterocycles. The smallest absolute Gasteiger partial charge is 0.462 e. The van der Waals surface area contributed by atoms with Crippen molar-refractivity contribution < 1.29 is 80.2 Å². The number of esters is 4. The van der Waals surface area contributed by atoms with E-state index in [1.165, 1.54) is 141 Å². The van der Waals surface area contributed by atoms with E-state index in [0.717, 1.165) is 115 Å². The van der Waals surface area contributed by atoms with Crippen LogP contribution < -0.4 is 0 Å². The number of hydrogen-bond acceptors (Lipinski definition) is 15. The maximum Gasteiger partial charge on any atom is 0.472 e.